The van der Waals surface area contributed by atoms with Gasteiger partial charge in [0.05, 0.1) is 11.8 Å². The maximum atomic E-state index is 10.6. The van der Waals surface area contributed by atoms with E-state index in [1.54, 1.807) is 6.07 Å². The van der Waals surface area contributed by atoms with Crippen molar-refractivity contribution in [1.29, 1.82) is 5.26 Å². The predicted octanol–water partition coefficient (Wildman–Crippen LogP) is -0.0637. The molecule has 70 valence electrons. The zero-order valence-corrected chi connectivity index (χ0v) is 6.90. The Bertz CT molecular complexity index is 277. The third kappa shape index (κ3) is 6.37. The Labute approximate surface area is 74.4 Å². The summed E-state index contributed by atoms with van der Waals surface area (Å²) in [4.78, 5) is 24.8. The molecule has 0 aromatic rings. The summed E-state index contributed by atoms with van der Waals surface area (Å²) in [7, 11) is 0. The highest BCUT2D eigenvalue weighted by molar-refractivity contribution is 5.89. The lowest BCUT2D eigenvalue weighted by Gasteiger charge is -2.03. The Hall–Kier alpha value is -2.03. The number of allylic oxidation sites excluding steroid dienone is 2. The first-order valence-corrected chi connectivity index (χ1v) is 3.30. The summed E-state index contributed by atoms with van der Waals surface area (Å²) < 4.78 is 0. The molecule has 0 unspecified atom stereocenters. The molecular weight excluding hydrogens is 176 g/mol. The smallest absolute Gasteiger partial charge is 0.343 e. The molecule has 0 aromatic carbocycles. The van der Waals surface area contributed by atoms with Crippen LogP contribution >= 0.6 is 0 Å². The Morgan fingerprint density at radius 3 is 2.77 bits per heavy atom. The first-order valence-electron chi connectivity index (χ1n) is 3.30. The van der Waals surface area contributed by atoms with Gasteiger partial charge in [0, 0.05) is 6.08 Å². The number of hydroxylamine groups is 1. The van der Waals surface area contributed by atoms with Crippen LogP contribution in [-0.2, 0) is 14.4 Å². The molecule has 0 radical (unpaired) electrons. The lowest BCUT2D eigenvalue weighted by atomic mass is 10.4. The van der Waals surface area contributed by atoms with Gasteiger partial charge in [0.2, 0.25) is 0 Å². The maximum Gasteiger partial charge on any atom is 0.343 e. The number of nitrogens with one attached hydrogen (secondary N) is 1. The third-order valence-electron chi connectivity index (χ3n) is 0.902. The van der Waals surface area contributed by atoms with Crippen LogP contribution in [0.5, 0.6) is 0 Å². The lowest BCUT2D eigenvalue weighted by Crippen LogP contribution is -2.20. The largest absolute Gasteiger partial charge is 0.481 e. The molecule has 2 N–H and O–H groups in total. The summed E-state index contributed by atoms with van der Waals surface area (Å²) in [6.07, 6.45) is 0.404. The number of carbonyl (C=O) groups is 2. The van der Waals surface area contributed by atoms with E-state index in [0.717, 1.165) is 6.08 Å². The van der Waals surface area contributed by atoms with Gasteiger partial charge in [-0.25, -0.2) is 10.3 Å². The van der Waals surface area contributed by atoms with Crippen LogP contribution in [0.2, 0.25) is 0 Å². The number of carbonyl (C=O) groups excluding carboxylic acids is 1. The third-order valence-corrected chi connectivity index (χ3v) is 0.902. The molecule has 6 nitrogen and oxygen atoms in total. The van der Waals surface area contributed by atoms with Crippen molar-refractivity contribution in [3.63, 3.8) is 0 Å². The Morgan fingerprint density at radius 2 is 2.31 bits per heavy atom. The van der Waals surface area contributed by atoms with Crippen molar-refractivity contribution >= 4 is 11.9 Å². The van der Waals surface area contributed by atoms with Gasteiger partial charge in [-0.05, 0) is 6.92 Å². The van der Waals surface area contributed by atoms with Gasteiger partial charge in [-0.15, -0.1) is 0 Å². The zero-order chi connectivity index (χ0) is 10.3. The molecule has 13 heavy (non-hydrogen) atoms. The fraction of sp³-hybridized carbons (Fsp3) is 0.286. The molecule has 0 amide bonds. The number of carboxylic acids is 1. The number of aliphatic carboxylic acids is 1. The average molecular weight is 184 g/mol. The second-order valence-corrected chi connectivity index (χ2v) is 2.10. The molecule has 0 rings (SSSR count). The van der Waals surface area contributed by atoms with Crippen LogP contribution in [0.1, 0.15) is 13.3 Å². The second kappa shape index (κ2) is 5.60. The first kappa shape index (κ1) is 11.0. The molecule has 0 bridgehead atoms. The lowest BCUT2D eigenvalue weighted by molar-refractivity contribution is -0.155. The molecule has 0 heterocycles. The minimum atomic E-state index is -1.27. The number of hydrogen-bond donors (Lipinski definition) is 2. The summed E-state index contributed by atoms with van der Waals surface area (Å²) in [5.74, 6) is -2.19. The summed E-state index contributed by atoms with van der Waals surface area (Å²) in [6, 6.07) is 1.70. The highest BCUT2D eigenvalue weighted by atomic mass is 16.7. The van der Waals surface area contributed by atoms with Crippen LogP contribution in [0.25, 0.3) is 0 Å². The summed E-state index contributed by atoms with van der Waals surface area (Å²) in [5.41, 5.74) is 2.43. The highest BCUT2D eigenvalue weighted by Crippen LogP contribution is 1.88. The van der Waals surface area contributed by atoms with Crippen molar-refractivity contribution < 1.29 is 19.5 Å². The maximum absolute atomic E-state index is 10.6. The normalized spacial score (nSPS) is 10.0. The Morgan fingerprint density at radius 1 is 1.69 bits per heavy atom. The van der Waals surface area contributed by atoms with E-state index in [9.17, 15) is 9.59 Å². The second-order valence-electron chi connectivity index (χ2n) is 2.10. The molecule has 0 aromatic heterocycles. The minimum absolute atomic E-state index is 0.321. The zero-order valence-electron chi connectivity index (χ0n) is 6.90. The summed E-state index contributed by atoms with van der Waals surface area (Å²) in [6.45, 7) is 1.50. The van der Waals surface area contributed by atoms with Crippen LogP contribution in [0, 0.1) is 11.3 Å². The van der Waals surface area contributed by atoms with E-state index in [4.69, 9.17) is 10.4 Å². The quantitative estimate of drug-likeness (QED) is 0.360. The van der Waals surface area contributed by atoms with Crippen molar-refractivity contribution in [2.45, 2.75) is 13.3 Å². The SMILES string of the molecule is CC(=CC#N)NOC(=O)CC(=O)O. The van der Waals surface area contributed by atoms with E-state index in [-0.39, 0.29) is 0 Å². The minimum Gasteiger partial charge on any atom is -0.481 e. The van der Waals surface area contributed by atoms with E-state index in [1.165, 1.54) is 6.92 Å². The number of nitriles is 1. The monoisotopic (exact) mass is 184 g/mol. The van der Waals surface area contributed by atoms with Gasteiger partial charge in [-0.1, -0.05) is 0 Å². The summed E-state index contributed by atoms with van der Waals surface area (Å²) >= 11 is 0. The molecule has 0 aliphatic heterocycles. The molecule has 6 heteroatoms. The van der Waals surface area contributed by atoms with Crippen LogP contribution in [0.3, 0.4) is 0 Å². The van der Waals surface area contributed by atoms with Crippen LogP contribution < -0.4 is 5.48 Å². The number of rotatable bonds is 4. The average Bonchev–Trinajstić information content (AvgIpc) is 2.00. The van der Waals surface area contributed by atoms with Crippen molar-refractivity contribution in [3.05, 3.63) is 11.8 Å². The van der Waals surface area contributed by atoms with Crippen molar-refractivity contribution in [1.82, 2.24) is 5.48 Å². The molecule has 0 atom stereocenters. The number of hydrogen-bond acceptors (Lipinski definition) is 5. The van der Waals surface area contributed by atoms with Gasteiger partial charge >= 0.3 is 11.9 Å². The number of carboxylic acid groups (broad SMARTS) is 1. The summed E-state index contributed by atoms with van der Waals surface area (Å²) in [5, 5.41) is 16.3. The van der Waals surface area contributed by atoms with Gasteiger partial charge in [-0.3, -0.25) is 4.79 Å². The van der Waals surface area contributed by atoms with E-state index >= 15 is 0 Å². The molecule has 0 saturated heterocycles. The van der Waals surface area contributed by atoms with Gasteiger partial charge in [0.15, 0.2) is 0 Å². The molecule has 0 fully saturated rings. The Balaban J connectivity index is 3.78. The van der Waals surface area contributed by atoms with Gasteiger partial charge in [-0.2, -0.15) is 5.26 Å². The predicted molar refractivity (Wildman–Crippen MR) is 40.9 cm³/mol. The van der Waals surface area contributed by atoms with E-state index in [1.807, 2.05) is 0 Å². The van der Waals surface area contributed by atoms with E-state index in [2.05, 4.69) is 10.3 Å². The fourth-order valence-corrected chi connectivity index (χ4v) is 0.423. The van der Waals surface area contributed by atoms with Crippen LogP contribution in [0.4, 0.5) is 0 Å². The fourth-order valence-electron chi connectivity index (χ4n) is 0.423. The molecule has 0 saturated carbocycles. The van der Waals surface area contributed by atoms with E-state index < -0.39 is 18.4 Å². The first-order chi connectivity index (χ1) is 6.06. The highest BCUT2D eigenvalue weighted by Gasteiger charge is 2.08. The van der Waals surface area contributed by atoms with Crippen molar-refractivity contribution in [3.8, 4) is 6.07 Å². The van der Waals surface area contributed by atoms with Gasteiger partial charge in [0.25, 0.3) is 0 Å². The van der Waals surface area contributed by atoms with E-state index in [0.29, 0.717) is 5.70 Å². The van der Waals surface area contributed by atoms with Crippen LogP contribution in [-0.4, -0.2) is 17.0 Å². The topological polar surface area (TPSA) is 99.4 Å². The molecule has 0 spiro atoms. The molecule has 0 aliphatic rings. The van der Waals surface area contributed by atoms with Crippen molar-refractivity contribution in [2.24, 2.45) is 0 Å². The number of nitrogens with zero attached hydrogens (tertiary/aromatic N) is 1. The standard InChI is InChI=1S/C7H8N2O4/c1-5(2-3-8)9-13-7(12)4-6(10)11/h2,9H,4H2,1H3,(H,10,11). The molecular formula is C7H8N2O4. The van der Waals surface area contributed by atoms with Crippen molar-refractivity contribution in [2.75, 3.05) is 0 Å². The van der Waals surface area contributed by atoms with Gasteiger partial charge in [0.1, 0.15) is 6.42 Å². The Kier molecular flexibility index (Phi) is 4.72. The molecule has 0 aliphatic carbocycles. The van der Waals surface area contributed by atoms with Crippen LogP contribution in [0.15, 0.2) is 11.8 Å². The van der Waals surface area contributed by atoms with Gasteiger partial charge < -0.3 is 9.94 Å².